The molecule has 0 radical (unpaired) electrons. The van der Waals surface area contributed by atoms with Gasteiger partial charge in [0.1, 0.15) is 5.65 Å². The fourth-order valence-electron chi connectivity index (χ4n) is 7.06. The van der Waals surface area contributed by atoms with Gasteiger partial charge in [0.15, 0.2) is 0 Å². The summed E-state index contributed by atoms with van der Waals surface area (Å²) >= 11 is 0. The molecule has 5 aromatic carbocycles. The summed E-state index contributed by atoms with van der Waals surface area (Å²) in [6.07, 6.45) is 2.28. The van der Waals surface area contributed by atoms with E-state index in [9.17, 15) is 0 Å². The lowest BCUT2D eigenvalue weighted by Crippen LogP contribution is -2.15. The Bertz CT molecular complexity index is 2310. The summed E-state index contributed by atoms with van der Waals surface area (Å²) in [6.45, 7) is 4.71. The van der Waals surface area contributed by atoms with Gasteiger partial charge in [0.2, 0.25) is 0 Å². The van der Waals surface area contributed by atoms with E-state index in [0.717, 1.165) is 22.1 Å². The van der Waals surface area contributed by atoms with Crippen LogP contribution < -0.4 is 0 Å². The molecule has 9 rings (SSSR count). The number of fused-ring (bicyclic) bond motifs is 11. The third-order valence-corrected chi connectivity index (χ3v) is 8.91. The second-order valence-electron chi connectivity index (χ2n) is 11.3. The van der Waals surface area contributed by atoms with Crippen molar-refractivity contribution in [1.29, 1.82) is 0 Å². The maximum absolute atomic E-state index is 5.03. The van der Waals surface area contributed by atoms with E-state index in [2.05, 4.69) is 138 Å². The monoisotopic (exact) mass is 499 g/mol. The Morgan fingerprint density at radius 1 is 0.564 bits per heavy atom. The molecule has 3 heteroatoms. The molecule has 0 spiro atoms. The van der Waals surface area contributed by atoms with Crippen molar-refractivity contribution >= 4 is 49.3 Å². The Kier molecular flexibility index (Phi) is 3.86. The molecule has 184 valence electrons. The molecular weight excluding hydrogens is 474 g/mol. The normalized spacial score (nSPS) is 14.1. The molecule has 0 saturated heterocycles. The Morgan fingerprint density at radius 3 is 2.13 bits per heavy atom. The molecule has 0 aliphatic heterocycles. The second-order valence-corrected chi connectivity index (χ2v) is 11.3. The van der Waals surface area contributed by atoms with Crippen molar-refractivity contribution < 1.29 is 0 Å². The number of hydrogen-bond acceptors (Lipinski definition) is 1. The molecule has 0 unspecified atom stereocenters. The van der Waals surface area contributed by atoms with Crippen LogP contribution in [-0.4, -0.2) is 14.0 Å². The minimum Gasteiger partial charge on any atom is -0.307 e. The average Bonchev–Trinajstić information content (AvgIpc) is 3.58. The average molecular weight is 500 g/mol. The van der Waals surface area contributed by atoms with Gasteiger partial charge >= 0.3 is 0 Å². The zero-order chi connectivity index (χ0) is 25.9. The fraction of sp³-hybridized carbons (Fsp3) is 0.0833. The molecule has 0 saturated carbocycles. The second kappa shape index (κ2) is 7.15. The van der Waals surface area contributed by atoms with Gasteiger partial charge in [-0.15, -0.1) is 0 Å². The van der Waals surface area contributed by atoms with Crippen LogP contribution in [0.3, 0.4) is 0 Å². The third kappa shape index (κ3) is 2.60. The summed E-state index contributed by atoms with van der Waals surface area (Å²) in [5.41, 5.74) is 12.2. The van der Waals surface area contributed by atoms with Gasteiger partial charge < -0.3 is 4.57 Å². The molecular formula is C36H25N3. The molecule has 0 amide bonds. The van der Waals surface area contributed by atoms with Crippen LogP contribution in [0, 0.1) is 0 Å². The van der Waals surface area contributed by atoms with Gasteiger partial charge in [0.25, 0.3) is 0 Å². The van der Waals surface area contributed by atoms with Gasteiger partial charge in [-0.05, 0) is 52.6 Å². The zero-order valence-corrected chi connectivity index (χ0v) is 21.8. The standard InChI is InChI=1S/C36H25N3/c1-36(2)28-15-7-5-11-22(28)26-19-27-24-13-6-9-17-31(24)39(33(27)20-29(26)36)34-21-38-32-18-10-8-16-30(32)37-35(38)25-14-4-3-12-23(25)34/h3-21H,1-2H3. The number of para-hydroxylation sites is 3. The Balaban J connectivity index is 1.47. The van der Waals surface area contributed by atoms with Crippen LogP contribution in [0.15, 0.2) is 115 Å². The lowest BCUT2D eigenvalue weighted by molar-refractivity contribution is 0.661. The minimum atomic E-state index is -0.0615. The lowest BCUT2D eigenvalue weighted by Gasteiger charge is -2.22. The zero-order valence-electron chi connectivity index (χ0n) is 21.8. The summed E-state index contributed by atoms with van der Waals surface area (Å²) in [5, 5.41) is 4.92. The summed E-state index contributed by atoms with van der Waals surface area (Å²) in [4.78, 5) is 5.03. The fourth-order valence-corrected chi connectivity index (χ4v) is 7.06. The summed E-state index contributed by atoms with van der Waals surface area (Å²) in [7, 11) is 0. The number of rotatable bonds is 1. The van der Waals surface area contributed by atoms with Crippen LogP contribution in [0.4, 0.5) is 0 Å². The molecule has 1 aliphatic carbocycles. The molecule has 3 nitrogen and oxygen atoms in total. The molecule has 0 bridgehead atoms. The van der Waals surface area contributed by atoms with Crippen LogP contribution in [0.1, 0.15) is 25.0 Å². The Labute approximate surface area is 225 Å². The summed E-state index contributed by atoms with van der Waals surface area (Å²) in [5.74, 6) is 0. The first-order valence-electron chi connectivity index (χ1n) is 13.6. The topological polar surface area (TPSA) is 22.2 Å². The van der Waals surface area contributed by atoms with E-state index in [1.54, 1.807) is 0 Å². The van der Waals surface area contributed by atoms with Crippen LogP contribution in [0.2, 0.25) is 0 Å². The van der Waals surface area contributed by atoms with Crippen molar-refractivity contribution in [1.82, 2.24) is 14.0 Å². The van der Waals surface area contributed by atoms with Gasteiger partial charge in [-0.1, -0.05) is 92.7 Å². The highest BCUT2D eigenvalue weighted by Crippen LogP contribution is 2.51. The predicted octanol–water partition coefficient (Wildman–Crippen LogP) is 9.04. The highest BCUT2D eigenvalue weighted by Gasteiger charge is 2.36. The summed E-state index contributed by atoms with van der Waals surface area (Å²) in [6, 6.07) is 39.7. The van der Waals surface area contributed by atoms with Crippen LogP contribution in [-0.2, 0) is 5.41 Å². The van der Waals surface area contributed by atoms with Gasteiger partial charge in [0.05, 0.1) is 27.8 Å². The van der Waals surface area contributed by atoms with Crippen LogP contribution in [0.25, 0.3) is 66.1 Å². The quantitative estimate of drug-likeness (QED) is 0.221. The number of pyridine rings is 1. The molecule has 0 atom stereocenters. The van der Waals surface area contributed by atoms with Crippen molar-refractivity contribution in [3.05, 3.63) is 127 Å². The summed E-state index contributed by atoms with van der Waals surface area (Å²) < 4.78 is 4.74. The predicted molar refractivity (Wildman–Crippen MR) is 162 cm³/mol. The van der Waals surface area contributed by atoms with Crippen molar-refractivity contribution in [3.8, 4) is 16.8 Å². The van der Waals surface area contributed by atoms with E-state index in [1.165, 1.54) is 55.1 Å². The smallest absolute Gasteiger partial charge is 0.145 e. The van der Waals surface area contributed by atoms with E-state index in [4.69, 9.17) is 4.98 Å². The van der Waals surface area contributed by atoms with Gasteiger partial charge in [-0.25, -0.2) is 4.98 Å². The number of benzene rings is 5. The van der Waals surface area contributed by atoms with Crippen LogP contribution in [0.5, 0.6) is 0 Å². The Hall–Kier alpha value is -4.89. The first-order chi connectivity index (χ1) is 19.1. The van der Waals surface area contributed by atoms with Gasteiger partial charge in [0, 0.05) is 33.2 Å². The van der Waals surface area contributed by atoms with E-state index in [0.29, 0.717) is 0 Å². The molecule has 3 heterocycles. The number of nitrogens with zero attached hydrogens (tertiary/aromatic N) is 3. The van der Waals surface area contributed by atoms with Crippen molar-refractivity contribution in [3.63, 3.8) is 0 Å². The maximum Gasteiger partial charge on any atom is 0.145 e. The third-order valence-electron chi connectivity index (χ3n) is 8.91. The number of imidazole rings is 1. The van der Waals surface area contributed by atoms with E-state index in [1.807, 2.05) is 0 Å². The highest BCUT2D eigenvalue weighted by atomic mass is 15.1. The molecule has 3 aromatic heterocycles. The SMILES string of the molecule is CC1(C)c2ccccc2-c2cc3c4ccccc4n(-c4cn5c6ccccc6nc5c5ccccc45)c3cc21. The molecule has 0 fully saturated rings. The molecule has 1 aliphatic rings. The molecule has 39 heavy (non-hydrogen) atoms. The van der Waals surface area contributed by atoms with Gasteiger partial charge in [-0.3, -0.25) is 4.40 Å². The largest absolute Gasteiger partial charge is 0.307 e. The van der Waals surface area contributed by atoms with Crippen LogP contribution >= 0.6 is 0 Å². The van der Waals surface area contributed by atoms with E-state index in [-0.39, 0.29) is 5.41 Å². The highest BCUT2D eigenvalue weighted by molar-refractivity contribution is 6.13. The number of hydrogen-bond donors (Lipinski definition) is 0. The number of aromatic nitrogens is 3. The van der Waals surface area contributed by atoms with Crippen molar-refractivity contribution in [2.45, 2.75) is 19.3 Å². The first-order valence-corrected chi connectivity index (χ1v) is 13.6. The van der Waals surface area contributed by atoms with E-state index < -0.39 is 0 Å². The first kappa shape index (κ1) is 21.1. The molecule has 0 N–H and O–H groups in total. The minimum absolute atomic E-state index is 0.0615. The van der Waals surface area contributed by atoms with E-state index >= 15 is 0 Å². The van der Waals surface area contributed by atoms with Crippen molar-refractivity contribution in [2.24, 2.45) is 0 Å². The van der Waals surface area contributed by atoms with Crippen molar-refractivity contribution in [2.75, 3.05) is 0 Å². The molecule has 8 aromatic rings. The Morgan fingerprint density at radius 2 is 1.26 bits per heavy atom. The van der Waals surface area contributed by atoms with Gasteiger partial charge in [-0.2, -0.15) is 0 Å². The maximum atomic E-state index is 5.03. The lowest BCUT2D eigenvalue weighted by atomic mass is 9.82.